The summed E-state index contributed by atoms with van der Waals surface area (Å²) in [4.78, 5) is 0.152. The van der Waals surface area contributed by atoms with E-state index in [1.165, 1.54) is 13.1 Å². The highest BCUT2D eigenvalue weighted by Crippen LogP contribution is 2.31. The van der Waals surface area contributed by atoms with Crippen molar-refractivity contribution in [1.29, 1.82) is 0 Å². The van der Waals surface area contributed by atoms with Gasteiger partial charge in [-0.15, -0.1) is 0 Å². The molecule has 1 aromatic carbocycles. The van der Waals surface area contributed by atoms with E-state index in [9.17, 15) is 8.42 Å². The fourth-order valence-corrected chi connectivity index (χ4v) is 3.69. The van der Waals surface area contributed by atoms with Crippen LogP contribution in [0.3, 0.4) is 0 Å². The Morgan fingerprint density at radius 1 is 1.35 bits per heavy atom. The van der Waals surface area contributed by atoms with Crippen LogP contribution >= 0.6 is 11.6 Å². The van der Waals surface area contributed by atoms with Crippen molar-refractivity contribution in [1.82, 2.24) is 10.2 Å². The van der Waals surface area contributed by atoms with Gasteiger partial charge in [-0.3, -0.25) is 9.40 Å². The highest BCUT2D eigenvalue weighted by molar-refractivity contribution is 7.93. The van der Waals surface area contributed by atoms with Crippen LogP contribution in [0.15, 0.2) is 23.1 Å². The molecular formula is C12H15ClN4O2S. The number of sulfonamides is 1. The zero-order valence-corrected chi connectivity index (χ0v) is 12.9. The summed E-state index contributed by atoms with van der Waals surface area (Å²) < 4.78 is 26.4. The van der Waals surface area contributed by atoms with E-state index in [-0.39, 0.29) is 4.90 Å². The summed E-state index contributed by atoms with van der Waals surface area (Å²) in [5.41, 5.74) is 7.39. The Labute approximate surface area is 122 Å². The Morgan fingerprint density at radius 3 is 2.55 bits per heavy atom. The lowest BCUT2D eigenvalue weighted by Crippen LogP contribution is -2.28. The number of rotatable bonds is 3. The predicted molar refractivity (Wildman–Crippen MR) is 79.5 cm³/mol. The maximum atomic E-state index is 12.7. The van der Waals surface area contributed by atoms with Gasteiger partial charge in [-0.05, 0) is 32.0 Å². The molecule has 1 heterocycles. The van der Waals surface area contributed by atoms with Crippen LogP contribution in [0.1, 0.15) is 11.4 Å². The molecule has 2 rings (SSSR count). The van der Waals surface area contributed by atoms with Crippen molar-refractivity contribution >= 4 is 33.0 Å². The summed E-state index contributed by atoms with van der Waals surface area (Å²) in [5.74, 6) is 0. The normalized spacial score (nSPS) is 11.6. The molecule has 3 N–H and O–H groups in total. The molecule has 0 radical (unpaired) electrons. The van der Waals surface area contributed by atoms with Gasteiger partial charge in [0.2, 0.25) is 0 Å². The van der Waals surface area contributed by atoms with Crippen molar-refractivity contribution < 1.29 is 8.42 Å². The lowest BCUT2D eigenvalue weighted by Gasteiger charge is -2.21. The number of hydrogen-bond acceptors (Lipinski definition) is 4. The molecule has 0 saturated carbocycles. The molecule has 20 heavy (non-hydrogen) atoms. The first-order valence-electron chi connectivity index (χ1n) is 5.80. The van der Waals surface area contributed by atoms with Gasteiger partial charge in [-0.2, -0.15) is 5.10 Å². The number of anilines is 2. The highest BCUT2D eigenvalue weighted by atomic mass is 35.5. The smallest absolute Gasteiger partial charge is 0.267 e. The minimum Gasteiger partial charge on any atom is -0.397 e. The van der Waals surface area contributed by atoms with E-state index < -0.39 is 10.0 Å². The van der Waals surface area contributed by atoms with Gasteiger partial charge in [0.1, 0.15) is 4.90 Å². The van der Waals surface area contributed by atoms with Crippen molar-refractivity contribution in [3.05, 3.63) is 34.6 Å². The van der Waals surface area contributed by atoms with E-state index in [2.05, 4.69) is 10.2 Å². The number of aryl methyl sites for hydroxylation is 2. The van der Waals surface area contributed by atoms with Crippen LogP contribution in [0, 0.1) is 13.8 Å². The number of halogens is 1. The van der Waals surface area contributed by atoms with Crippen LogP contribution in [0.25, 0.3) is 0 Å². The summed E-state index contributed by atoms with van der Waals surface area (Å²) in [5, 5.41) is 6.99. The lowest BCUT2D eigenvalue weighted by molar-refractivity contribution is 0.593. The zero-order chi connectivity index (χ0) is 15.1. The summed E-state index contributed by atoms with van der Waals surface area (Å²) in [6, 6.07) is 4.69. The standard InChI is InChI=1S/C12H15ClN4O2S/c1-7-12(8(2)16-15-7)20(18,19)17(3)11-6-9(13)4-5-10(11)14/h4-6H,14H2,1-3H3,(H,15,16). The van der Waals surface area contributed by atoms with Gasteiger partial charge < -0.3 is 5.73 Å². The molecule has 0 atom stereocenters. The molecule has 8 heteroatoms. The van der Waals surface area contributed by atoms with Gasteiger partial charge in [-0.25, -0.2) is 8.42 Å². The monoisotopic (exact) mass is 314 g/mol. The molecule has 108 valence electrons. The molecule has 1 aromatic heterocycles. The SMILES string of the molecule is Cc1n[nH]c(C)c1S(=O)(=O)N(C)c1cc(Cl)ccc1N. The predicted octanol–water partition coefficient (Wildman–Crippen LogP) is 2.09. The van der Waals surface area contributed by atoms with Crippen LogP contribution in [0.4, 0.5) is 11.4 Å². The van der Waals surface area contributed by atoms with E-state index in [1.54, 1.807) is 26.0 Å². The molecule has 0 unspecified atom stereocenters. The number of benzene rings is 1. The molecule has 0 spiro atoms. The largest absolute Gasteiger partial charge is 0.397 e. The van der Waals surface area contributed by atoms with Crippen LogP contribution in [-0.4, -0.2) is 25.7 Å². The summed E-state index contributed by atoms with van der Waals surface area (Å²) in [7, 11) is -2.31. The average molecular weight is 315 g/mol. The Kier molecular flexibility index (Phi) is 3.66. The van der Waals surface area contributed by atoms with Crippen molar-refractivity contribution in [2.24, 2.45) is 0 Å². The zero-order valence-electron chi connectivity index (χ0n) is 11.3. The Morgan fingerprint density at radius 2 is 2.00 bits per heavy atom. The molecule has 0 aliphatic carbocycles. The third-order valence-corrected chi connectivity index (χ3v) is 5.28. The van der Waals surface area contributed by atoms with Crippen molar-refractivity contribution in [2.75, 3.05) is 17.1 Å². The van der Waals surface area contributed by atoms with Crippen LogP contribution in [-0.2, 0) is 10.0 Å². The van der Waals surface area contributed by atoms with E-state index >= 15 is 0 Å². The maximum absolute atomic E-state index is 12.7. The summed E-state index contributed by atoms with van der Waals surface area (Å²) >= 11 is 5.90. The Balaban J connectivity index is 2.58. The van der Waals surface area contributed by atoms with Crippen molar-refractivity contribution in [3.63, 3.8) is 0 Å². The number of nitrogens with one attached hydrogen (secondary N) is 1. The second-order valence-electron chi connectivity index (χ2n) is 4.44. The Bertz CT molecular complexity index is 735. The number of H-pyrrole nitrogens is 1. The minimum absolute atomic E-state index is 0.152. The molecule has 0 bridgehead atoms. The lowest BCUT2D eigenvalue weighted by atomic mass is 10.3. The van der Waals surface area contributed by atoms with Gasteiger partial charge in [0.25, 0.3) is 10.0 Å². The molecule has 0 fully saturated rings. The van der Waals surface area contributed by atoms with Gasteiger partial charge >= 0.3 is 0 Å². The van der Waals surface area contributed by atoms with E-state index in [0.717, 1.165) is 4.31 Å². The molecule has 0 aliphatic rings. The minimum atomic E-state index is -3.75. The molecule has 0 saturated heterocycles. The number of hydrogen-bond donors (Lipinski definition) is 2. The number of nitrogens with zero attached hydrogens (tertiary/aromatic N) is 2. The first kappa shape index (κ1) is 14.7. The molecule has 0 aliphatic heterocycles. The molecule has 6 nitrogen and oxygen atoms in total. The quantitative estimate of drug-likeness (QED) is 0.848. The third kappa shape index (κ3) is 2.34. The van der Waals surface area contributed by atoms with E-state index in [0.29, 0.717) is 27.8 Å². The van der Waals surface area contributed by atoms with Crippen LogP contribution in [0.2, 0.25) is 5.02 Å². The number of aromatic nitrogens is 2. The second-order valence-corrected chi connectivity index (χ2v) is 6.78. The van der Waals surface area contributed by atoms with E-state index in [4.69, 9.17) is 17.3 Å². The summed E-state index contributed by atoms with van der Waals surface area (Å²) in [6.07, 6.45) is 0. The van der Waals surface area contributed by atoms with Crippen molar-refractivity contribution in [2.45, 2.75) is 18.7 Å². The fourth-order valence-electron chi connectivity index (χ4n) is 1.98. The fraction of sp³-hybridized carbons (Fsp3) is 0.250. The first-order chi connectivity index (χ1) is 9.25. The van der Waals surface area contributed by atoms with Gasteiger partial charge in [-0.1, -0.05) is 11.6 Å². The Hall–Kier alpha value is -1.73. The highest BCUT2D eigenvalue weighted by Gasteiger charge is 2.28. The topological polar surface area (TPSA) is 92.1 Å². The first-order valence-corrected chi connectivity index (χ1v) is 7.62. The number of nitrogen functional groups attached to an aromatic ring is 1. The van der Waals surface area contributed by atoms with Gasteiger partial charge in [0, 0.05) is 12.1 Å². The summed E-state index contributed by atoms with van der Waals surface area (Å²) in [6.45, 7) is 3.29. The molecule has 0 amide bonds. The van der Waals surface area contributed by atoms with Gasteiger partial charge in [0.05, 0.1) is 22.8 Å². The van der Waals surface area contributed by atoms with E-state index in [1.807, 2.05) is 0 Å². The van der Waals surface area contributed by atoms with Crippen molar-refractivity contribution in [3.8, 4) is 0 Å². The third-order valence-electron chi connectivity index (χ3n) is 3.01. The van der Waals surface area contributed by atoms with Crippen LogP contribution < -0.4 is 10.0 Å². The van der Waals surface area contributed by atoms with Crippen LogP contribution in [0.5, 0.6) is 0 Å². The maximum Gasteiger partial charge on any atom is 0.267 e. The second kappa shape index (κ2) is 4.99. The van der Waals surface area contributed by atoms with Gasteiger partial charge in [0.15, 0.2) is 0 Å². The molecular weight excluding hydrogens is 300 g/mol. The molecule has 2 aromatic rings. The average Bonchev–Trinajstić information content (AvgIpc) is 2.71. The number of nitrogens with two attached hydrogens (primary N) is 1. The number of aromatic amines is 1.